The average molecular weight is 491 g/mol. The molecule has 0 aliphatic rings. The van der Waals surface area contributed by atoms with Gasteiger partial charge in [0.1, 0.15) is 6.04 Å². The van der Waals surface area contributed by atoms with Crippen LogP contribution in [0, 0.1) is 13.8 Å². The summed E-state index contributed by atoms with van der Waals surface area (Å²) >= 11 is 6.09. The summed E-state index contributed by atoms with van der Waals surface area (Å²) in [6.45, 7) is 7.13. The molecule has 0 aliphatic carbocycles. The Kier molecular flexibility index (Phi) is 9.92. The molecule has 3 aromatic rings. The Morgan fingerprint density at radius 3 is 2.23 bits per heavy atom. The first-order chi connectivity index (χ1) is 16.9. The molecule has 3 rings (SSSR count). The van der Waals surface area contributed by atoms with E-state index in [4.69, 9.17) is 11.6 Å². The molecular weight excluding hydrogens is 456 g/mol. The zero-order valence-electron chi connectivity index (χ0n) is 20.9. The van der Waals surface area contributed by atoms with Gasteiger partial charge in [-0.25, -0.2) is 0 Å². The fourth-order valence-electron chi connectivity index (χ4n) is 4.04. The molecule has 0 radical (unpaired) electrons. The van der Waals surface area contributed by atoms with Crippen molar-refractivity contribution < 1.29 is 9.59 Å². The topological polar surface area (TPSA) is 49.4 Å². The highest BCUT2D eigenvalue weighted by molar-refractivity contribution is 6.30. The highest BCUT2D eigenvalue weighted by Crippen LogP contribution is 2.19. The van der Waals surface area contributed by atoms with E-state index in [2.05, 4.69) is 25.2 Å². The SMILES string of the molecule is CCCCNC(=O)[C@@H](Cc1ccccc1)N(Cc1ccc(Cl)cc1)C(=O)Cc1ccc(C)c(C)c1. The molecule has 0 saturated carbocycles. The summed E-state index contributed by atoms with van der Waals surface area (Å²) in [7, 11) is 0. The molecule has 0 spiro atoms. The van der Waals surface area contributed by atoms with Crippen LogP contribution in [-0.4, -0.2) is 29.3 Å². The van der Waals surface area contributed by atoms with Gasteiger partial charge in [0.2, 0.25) is 11.8 Å². The van der Waals surface area contributed by atoms with Crippen LogP contribution in [0.25, 0.3) is 0 Å². The zero-order chi connectivity index (χ0) is 25.2. The lowest BCUT2D eigenvalue weighted by Gasteiger charge is -2.32. The van der Waals surface area contributed by atoms with Crippen molar-refractivity contribution in [1.82, 2.24) is 10.2 Å². The number of carbonyl (C=O) groups is 2. The molecule has 0 aromatic heterocycles. The van der Waals surface area contributed by atoms with Gasteiger partial charge in [0, 0.05) is 24.5 Å². The summed E-state index contributed by atoms with van der Waals surface area (Å²) < 4.78 is 0. The second kappa shape index (κ2) is 13.1. The highest BCUT2D eigenvalue weighted by Gasteiger charge is 2.30. The van der Waals surface area contributed by atoms with Gasteiger partial charge < -0.3 is 10.2 Å². The van der Waals surface area contributed by atoms with Crippen LogP contribution in [0.1, 0.15) is 47.6 Å². The molecule has 0 unspecified atom stereocenters. The van der Waals surface area contributed by atoms with Crippen molar-refractivity contribution in [3.63, 3.8) is 0 Å². The lowest BCUT2D eigenvalue weighted by Crippen LogP contribution is -2.51. The minimum atomic E-state index is -0.621. The molecule has 5 heteroatoms. The van der Waals surface area contributed by atoms with Gasteiger partial charge in [-0.05, 0) is 60.2 Å². The second-order valence-corrected chi connectivity index (χ2v) is 9.53. The maximum Gasteiger partial charge on any atom is 0.243 e. The highest BCUT2D eigenvalue weighted by atomic mass is 35.5. The summed E-state index contributed by atoms with van der Waals surface area (Å²) in [5, 5.41) is 3.70. The van der Waals surface area contributed by atoms with Crippen molar-refractivity contribution in [3.8, 4) is 0 Å². The molecular formula is C30H35ClN2O2. The normalized spacial score (nSPS) is 11.7. The summed E-state index contributed by atoms with van der Waals surface area (Å²) in [5.74, 6) is -0.195. The third-order valence-electron chi connectivity index (χ3n) is 6.29. The van der Waals surface area contributed by atoms with Gasteiger partial charge in [-0.15, -0.1) is 0 Å². The molecule has 0 bridgehead atoms. The first-order valence-electron chi connectivity index (χ1n) is 12.3. The number of carbonyl (C=O) groups excluding carboxylic acids is 2. The van der Waals surface area contributed by atoms with E-state index in [9.17, 15) is 9.59 Å². The van der Waals surface area contributed by atoms with Gasteiger partial charge in [0.25, 0.3) is 0 Å². The molecule has 2 amide bonds. The number of nitrogens with zero attached hydrogens (tertiary/aromatic N) is 1. The van der Waals surface area contributed by atoms with Crippen LogP contribution in [0.5, 0.6) is 0 Å². The van der Waals surface area contributed by atoms with Crippen LogP contribution in [-0.2, 0) is 29.0 Å². The van der Waals surface area contributed by atoms with E-state index in [1.165, 1.54) is 5.56 Å². The Balaban J connectivity index is 1.94. The Morgan fingerprint density at radius 2 is 1.57 bits per heavy atom. The third kappa shape index (κ3) is 7.97. The maximum atomic E-state index is 13.8. The fourth-order valence-corrected chi connectivity index (χ4v) is 4.16. The van der Waals surface area contributed by atoms with Crippen molar-refractivity contribution in [3.05, 3.63) is 106 Å². The number of hydrogen-bond donors (Lipinski definition) is 1. The van der Waals surface area contributed by atoms with Crippen LogP contribution >= 0.6 is 11.6 Å². The van der Waals surface area contributed by atoms with Gasteiger partial charge in [-0.3, -0.25) is 9.59 Å². The zero-order valence-corrected chi connectivity index (χ0v) is 21.6. The molecule has 1 N–H and O–H groups in total. The van der Waals surface area contributed by atoms with E-state index < -0.39 is 6.04 Å². The minimum absolute atomic E-state index is 0.0743. The van der Waals surface area contributed by atoms with E-state index in [0.29, 0.717) is 24.5 Å². The Labute approximate surface area is 214 Å². The molecule has 0 saturated heterocycles. The van der Waals surface area contributed by atoms with Crippen molar-refractivity contribution in [2.75, 3.05) is 6.54 Å². The molecule has 184 valence electrons. The molecule has 4 nitrogen and oxygen atoms in total. The van der Waals surface area contributed by atoms with Crippen LogP contribution in [0.2, 0.25) is 5.02 Å². The van der Waals surface area contributed by atoms with E-state index in [1.54, 1.807) is 4.90 Å². The Bertz CT molecular complexity index is 1110. The van der Waals surface area contributed by atoms with Gasteiger partial charge in [0.05, 0.1) is 6.42 Å². The smallest absolute Gasteiger partial charge is 0.243 e. The summed E-state index contributed by atoms with van der Waals surface area (Å²) in [5.41, 5.74) is 5.24. The number of rotatable bonds is 11. The third-order valence-corrected chi connectivity index (χ3v) is 6.55. The summed E-state index contributed by atoms with van der Waals surface area (Å²) in [6.07, 6.45) is 2.58. The molecule has 0 aliphatic heterocycles. The van der Waals surface area contributed by atoms with Crippen LogP contribution in [0.4, 0.5) is 0 Å². The van der Waals surface area contributed by atoms with E-state index in [1.807, 2.05) is 73.7 Å². The van der Waals surface area contributed by atoms with Crippen LogP contribution < -0.4 is 5.32 Å². The number of halogens is 1. The fraction of sp³-hybridized carbons (Fsp3) is 0.333. The molecule has 0 fully saturated rings. The molecule has 3 aromatic carbocycles. The summed E-state index contributed by atoms with van der Waals surface area (Å²) in [4.78, 5) is 28.9. The van der Waals surface area contributed by atoms with Crippen molar-refractivity contribution >= 4 is 23.4 Å². The standard InChI is InChI=1S/C30H35ClN2O2/c1-4-5-17-32-30(35)28(19-24-9-7-6-8-10-24)33(21-25-13-15-27(31)16-14-25)29(34)20-26-12-11-22(2)23(3)18-26/h6-16,18,28H,4-5,17,19-21H2,1-3H3,(H,32,35)/t28-/m1/s1. The first kappa shape index (κ1) is 26.5. The minimum Gasteiger partial charge on any atom is -0.354 e. The predicted octanol–water partition coefficient (Wildman–Crippen LogP) is 6.06. The number of benzene rings is 3. The molecule has 35 heavy (non-hydrogen) atoms. The van der Waals surface area contributed by atoms with Gasteiger partial charge in [0.15, 0.2) is 0 Å². The largest absolute Gasteiger partial charge is 0.354 e. The molecule has 0 heterocycles. The monoisotopic (exact) mass is 490 g/mol. The second-order valence-electron chi connectivity index (χ2n) is 9.09. The lowest BCUT2D eigenvalue weighted by atomic mass is 10.00. The van der Waals surface area contributed by atoms with Crippen LogP contribution in [0.3, 0.4) is 0 Å². The van der Waals surface area contributed by atoms with Crippen LogP contribution in [0.15, 0.2) is 72.8 Å². The van der Waals surface area contributed by atoms with E-state index in [-0.39, 0.29) is 18.2 Å². The maximum absolute atomic E-state index is 13.8. The lowest BCUT2D eigenvalue weighted by molar-refractivity contribution is -0.140. The van der Waals surface area contributed by atoms with Gasteiger partial charge in [-0.1, -0.05) is 85.6 Å². The predicted molar refractivity (Wildman–Crippen MR) is 143 cm³/mol. The van der Waals surface area contributed by atoms with Gasteiger partial charge >= 0.3 is 0 Å². The molecule has 1 atom stereocenters. The van der Waals surface area contributed by atoms with E-state index in [0.717, 1.165) is 35.1 Å². The van der Waals surface area contributed by atoms with E-state index >= 15 is 0 Å². The Morgan fingerprint density at radius 1 is 0.886 bits per heavy atom. The number of hydrogen-bond acceptors (Lipinski definition) is 2. The number of nitrogens with one attached hydrogen (secondary N) is 1. The number of unbranched alkanes of at least 4 members (excludes halogenated alkanes) is 1. The van der Waals surface area contributed by atoms with Crippen molar-refractivity contribution in [1.29, 1.82) is 0 Å². The van der Waals surface area contributed by atoms with Crippen molar-refractivity contribution in [2.45, 2.75) is 59.0 Å². The number of amides is 2. The average Bonchev–Trinajstić information content (AvgIpc) is 2.85. The van der Waals surface area contributed by atoms with Gasteiger partial charge in [-0.2, -0.15) is 0 Å². The number of aryl methyl sites for hydroxylation is 2. The quantitative estimate of drug-likeness (QED) is 0.332. The first-order valence-corrected chi connectivity index (χ1v) is 12.7. The summed E-state index contributed by atoms with van der Waals surface area (Å²) in [6, 6.07) is 22.8. The van der Waals surface area contributed by atoms with Crippen molar-refractivity contribution in [2.24, 2.45) is 0 Å². The Hall–Kier alpha value is -3.11.